The fourth-order valence-electron chi connectivity index (χ4n) is 3.13. The van der Waals surface area contributed by atoms with Gasteiger partial charge in [0.05, 0.1) is 0 Å². The summed E-state index contributed by atoms with van der Waals surface area (Å²) in [6.45, 7) is 1.78. The fourth-order valence-corrected chi connectivity index (χ4v) is 3.57. The highest BCUT2D eigenvalue weighted by molar-refractivity contribution is 7.80. The van der Waals surface area contributed by atoms with Crippen LogP contribution in [0.25, 0.3) is 0 Å². The second kappa shape index (κ2) is 9.02. The van der Waals surface area contributed by atoms with E-state index in [1.807, 2.05) is 30.3 Å². The molecule has 3 rings (SSSR count). The molecule has 0 bridgehead atoms. The van der Waals surface area contributed by atoms with Crippen molar-refractivity contribution in [3.05, 3.63) is 77.3 Å². The van der Waals surface area contributed by atoms with Crippen molar-refractivity contribution in [2.45, 2.75) is 25.8 Å². The highest BCUT2D eigenvalue weighted by Gasteiger charge is 2.18. The molecule has 0 aromatic heterocycles. The summed E-state index contributed by atoms with van der Waals surface area (Å²) in [7, 11) is 0. The molecule has 25 heavy (non-hydrogen) atoms. The molecule has 130 valence electrons. The number of nitrogens with zero attached hydrogens (tertiary/aromatic N) is 1. The Hall–Kier alpha value is -1.84. The van der Waals surface area contributed by atoms with Gasteiger partial charge in [0, 0.05) is 23.8 Å². The highest BCUT2D eigenvalue weighted by Crippen LogP contribution is 2.22. The van der Waals surface area contributed by atoms with Crippen LogP contribution in [0.15, 0.2) is 66.7 Å². The van der Waals surface area contributed by atoms with Crippen LogP contribution in [0, 0.1) is 5.92 Å². The summed E-state index contributed by atoms with van der Waals surface area (Å²) in [6.07, 6.45) is 8.09. The summed E-state index contributed by atoms with van der Waals surface area (Å²) in [5.74, 6) is 0.646. The number of hydrogen-bond acceptors (Lipinski definition) is 1. The average molecular weight is 371 g/mol. The second-order valence-electron chi connectivity index (χ2n) is 6.46. The molecule has 0 fully saturated rings. The number of halogens is 1. The molecule has 1 atom stereocenters. The van der Waals surface area contributed by atoms with Gasteiger partial charge in [-0.3, -0.25) is 0 Å². The lowest BCUT2D eigenvalue weighted by Gasteiger charge is -2.31. The molecule has 0 aliphatic heterocycles. The van der Waals surface area contributed by atoms with Crippen LogP contribution in [0.2, 0.25) is 5.02 Å². The van der Waals surface area contributed by atoms with Crippen LogP contribution < -0.4 is 5.32 Å². The second-order valence-corrected chi connectivity index (χ2v) is 7.28. The van der Waals surface area contributed by atoms with Crippen LogP contribution >= 0.6 is 23.8 Å². The molecule has 2 aromatic carbocycles. The number of anilines is 1. The zero-order chi connectivity index (χ0) is 17.5. The summed E-state index contributed by atoms with van der Waals surface area (Å²) >= 11 is 11.8. The van der Waals surface area contributed by atoms with Gasteiger partial charge < -0.3 is 10.2 Å². The zero-order valence-electron chi connectivity index (χ0n) is 14.2. The summed E-state index contributed by atoms with van der Waals surface area (Å²) in [4.78, 5) is 2.27. The van der Waals surface area contributed by atoms with Gasteiger partial charge in [-0.05, 0) is 61.2 Å². The Labute approximate surface area is 160 Å². The first-order chi connectivity index (χ1) is 12.2. The minimum atomic E-state index is 0.646. The molecule has 0 amide bonds. The van der Waals surface area contributed by atoms with E-state index in [1.165, 1.54) is 18.4 Å². The maximum atomic E-state index is 6.09. The van der Waals surface area contributed by atoms with E-state index in [-0.39, 0.29) is 0 Å². The van der Waals surface area contributed by atoms with Gasteiger partial charge in [-0.1, -0.05) is 60.2 Å². The number of benzene rings is 2. The van der Waals surface area contributed by atoms with Crippen LogP contribution in [-0.2, 0) is 6.54 Å². The number of allylic oxidation sites excluding steroid dienone is 2. The lowest BCUT2D eigenvalue weighted by molar-refractivity contribution is 0.319. The predicted octanol–water partition coefficient (Wildman–Crippen LogP) is 5.90. The van der Waals surface area contributed by atoms with E-state index in [9.17, 15) is 0 Å². The minimum absolute atomic E-state index is 0.646. The smallest absolute Gasteiger partial charge is 0.173 e. The zero-order valence-corrected chi connectivity index (χ0v) is 15.8. The van der Waals surface area contributed by atoms with E-state index >= 15 is 0 Å². The van der Waals surface area contributed by atoms with E-state index in [4.69, 9.17) is 23.8 Å². The first kappa shape index (κ1) is 18.0. The first-order valence-electron chi connectivity index (χ1n) is 8.71. The first-order valence-corrected chi connectivity index (χ1v) is 9.50. The van der Waals surface area contributed by atoms with Crippen molar-refractivity contribution in [1.82, 2.24) is 4.90 Å². The van der Waals surface area contributed by atoms with Crippen LogP contribution in [0.5, 0.6) is 0 Å². The molecule has 0 saturated heterocycles. The van der Waals surface area contributed by atoms with Gasteiger partial charge in [0.15, 0.2) is 5.11 Å². The molecule has 0 unspecified atom stereocenters. The van der Waals surface area contributed by atoms with E-state index in [2.05, 4.69) is 46.6 Å². The summed E-state index contributed by atoms with van der Waals surface area (Å²) in [5.41, 5.74) is 2.20. The van der Waals surface area contributed by atoms with Gasteiger partial charge in [-0.25, -0.2) is 0 Å². The van der Waals surface area contributed by atoms with E-state index in [0.717, 1.165) is 30.3 Å². The van der Waals surface area contributed by atoms with Crippen LogP contribution in [0.4, 0.5) is 5.69 Å². The van der Waals surface area contributed by atoms with E-state index in [1.54, 1.807) is 0 Å². The van der Waals surface area contributed by atoms with Crippen molar-refractivity contribution in [2.75, 3.05) is 11.9 Å². The molecule has 2 aromatic rings. The third kappa shape index (κ3) is 5.58. The van der Waals surface area contributed by atoms with Crippen molar-refractivity contribution in [3.8, 4) is 0 Å². The largest absolute Gasteiger partial charge is 0.344 e. The number of hydrogen-bond donors (Lipinski definition) is 1. The van der Waals surface area contributed by atoms with Crippen molar-refractivity contribution in [1.29, 1.82) is 0 Å². The molecule has 4 heteroatoms. The van der Waals surface area contributed by atoms with Crippen molar-refractivity contribution in [3.63, 3.8) is 0 Å². The van der Waals surface area contributed by atoms with Crippen LogP contribution in [0.1, 0.15) is 24.8 Å². The van der Waals surface area contributed by atoms with Gasteiger partial charge in [0.25, 0.3) is 0 Å². The lowest BCUT2D eigenvalue weighted by Crippen LogP contribution is -2.38. The molecule has 2 nitrogen and oxygen atoms in total. The quantitative estimate of drug-likeness (QED) is 0.521. The van der Waals surface area contributed by atoms with E-state index in [0.29, 0.717) is 10.9 Å². The molecular weight excluding hydrogens is 348 g/mol. The Morgan fingerprint density at radius 1 is 1.12 bits per heavy atom. The average Bonchev–Trinajstić information content (AvgIpc) is 2.63. The topological polar surface area (TPSA) is 15.3 Å². The molecule has 1 aliphatic rings. The fraction of sp³-hybridized carbons (Fsp3) is 0.286. The van der Waals surface area contributed by atoms with Gasteiger partial charge in [0.1, 0.15) is 0 Å². The minimum Gasteiger partial charge on any atom is -0.344 e. The number of nitrogens with one attached hydrogen (secondary N) is 1. The van der Waals surface area contributed by atoms with Gasteiger partial charge in [-0.2, -0.15) is 0 Å². The Balaban J connectivity index is 1.71. The predicted molar refractivity (Wildman–Crippen MR) is 111 cm³/mol. The summed E-state index contributed by atoms with van der Waals surface area (Å²) in [6, 6.07) is 18.2. The normalized spacial score (nSPS) is 16.4. The SMILES string of the molecule is S=C(Nc1cccc(Cl)c1)N(Cc1ccccc1)C[C@@H]1CC=CCC1. The van der Waals surface area contributed by atoms with Gasteiger partial charge in [0.2, 0.25) is 0 Å². The molecule has 1 aliphatic carbocycles. The summed E-state index contributed by atoms with van der Waals surface area (Å²) in [5, 5.41) is 4.81. The van der Waals surface area contributed by atoms with Crippen LogP contribution in [0.3, 0.4) is 0 Å². The number of thiocarbonyl (C=S) groups is 1. The van der Waals surface area contributed by atoms with Crippen molar-refractivity contribution in [2.24, 2.45) is 5.92 Å². The summed E-state index contributed by atoms with van der Waals surface area (Å²) < 4.78 is 0. The Bertz CT molecular complexity index is 730. The molecule has 0 heterocycles. The lowest BCUT2D eigenvalue weighted by atomic mass is 9.94. The highest BCUT2D eigenvalue weighted by atomic mass is 35.5. The third-order valence-corrected chi connectivity index (χ3v) is 5.03. The maximum absolute atomic E-state index is 6.09. The number of rotatable bonds is 5. The van der Waals surface area contributed by atoms with Gasteiger partial charge >= 0.3 is 0 Å². The van der Waals surface area contributed by atoms with Crippen molar-refractivity contribution >= 4 is 34.6 Å². The molecular formula is C21H23ClN2S. The standard InChI is InChI=1S/C21H23ClN2S/c22-19-12-7-13-20(14-19)23-21(25)24(15-17-8-3-1-4-9-17)16-18-10-5-2-6-11-18/h1-5,7-9,12-14,18H,6,10-11,15-16H2,(H,23,25)/t18-/m1/s1. The van der Waals surface area contributed by atoms with E-state index < -0.39 is 0 Å². The van der Waals surface area contributed by atoms with Gasteiger partial charge in [-0.15, -0.1) is 0 Å². The Morgan fingerprint density at radius 2 is 1.96 bits per heavy atom. The van der Waals surface area contributed by atoms with Crippen molar-refractivity contribution < 1.29 is 0 Å². The molecule has 0 saturated carbocycles. The molecule has 0 radical (unpaired) electrons. The monoisotopic (exact) mass is 370 g/mol. The third-order valence-electron chi connectivity index (χ3n) is 4.44. The Morgan fingerprint density at radius 3 is 2.68 bits per heavy atom. The maximum Gasteiger partial charge on any atom is 0.173 e. The Kier molecular flexibility index (Phi) is 6.48. The van der Waals surface area contributed by atoms with Crippen LogP contribution in [-0.4, -0.2) is 16.6 Å². The molecule has 0 spiro atoms. The molecule has 1 N–H and O–H groups in total.